The van der Waals surface area contributed by atoms with E-state index in [9.17, 15) is 4.79 Å². The number of rotatable bonds is 5. The molecule has 2 nitrogen and oxygen atoms in total. The summed E-state index contributed by atoms with van der Waals surface area (Å²) in [5, 5.41) is 0. The second kappa shape index (κ2) is 6.30. The lowest BCUT2D eigenvalue weighted by Crippen LogP contribution is -2.35. The molecule has 0 aliphatic rings. The number of aldehydes is 1. The van der Waals surface area contributed by atoms with Gasteiger partial charge in [0.2, 0.25) is 0 Å². The van der Waals surface area contributed by atoms with Crippen LogP contribution in [0.25, 0.3) is 0 Å². The summed E-state index contributed by atoms with van der Waals surface area (Å²) in [6.45, 7) is 10.9. The molecule has 0 aliphatic carbocycles. The quantitative estimate of drug-likeness (QED) is 0.601. The topological polar surface area (TPSA) is 26.3 Å². The Morgan fingerprint density at radius 2 is 1.89 bits per heavy atom. The summed E-state index contributed by atoms with van der Waals surface area (Å²) in [6.07, 6.45) is 1.91. The van der Waals surface area contributed by atoms with Gasteiger partial charge in [-0.2, -0.15) is 0 Å². The number of hydrogen-bond donors (Lipinski definition) is 0. The Balaban J connectivity index is 2.92. The van der Waals surface area contributed by atoms with Gasteiger partial charge in [0.05, 0.1) is 6.10 Å². The molecule has 0 radical (unpaired) electrons. The molecule has 1 atom stereocenters. The Kier molecular flexibility index (Phi) is 5.29. The van der Waals surface area contributed by atoms with Crippen LogP contribution in [0, 0.1) is 5.41 Å². The fourth-order valence-corrected chi connectivity index (χ4v) is 3.08. The van der Waals surface area contributed by atoms with Crippen molar-refractivity contribution in [3.8, 4) is 0 Å². The molecule has 0 aromatic heterocycles. The predicted molar refractivity (Wildman–Crippen MR) is 78.7 cm³/mol. The van der Waals surface area contributed by atoms with Crippen LogP contribution in [0.4, 0.5) is 0 Å². The van der Waals surface area contributed by atoms with Crippen molar-refractivity contribution >= 4 is 15.3 Å². The molecule has 100 valence electrons. The molecule has 3 heteroatoms. The highest BCUT2D eigenvalue weighted by molar-refractivity contribution is 6.48. The van der Waals surface area contributed by atoms with E-state index >= 15 is 0 Å². The molecule has 18 heavy (non-hydrogen) atoms. The zero-order valence-corrected chi connectivity index (χ0v) is 13.2. The summed E-state index contributed by atoms with van der Waals surface area (Å²) < 4.78 is 6.14. The fourth-order valence-electron chi connectivity index (χ4n) is 1.92. The number of carbonyl (C=O) groups is 1. The van der Waals surface area contributed by atoms with Gasteiger partial charge in [-0.05, 0) is 30.5 Å². The molecule has 1 aromatic carbocycles. The highest BCUT2D eigenvalue weighted by atomic mass is 28.3. The third kappa shape index (κ3) is 4.39. The first-order valence-electron chi connectivity index (χ1n) is 6.53. The molecular weight excluding hydrogens is 240 g/mol. The second-order valence-electron chi connectivity index (χ2n) is 6.06. The monoisotopic (exact) mass is 264 g/mol. The van der Waals surface area contributed by atoms with Gasteiger partial charge >= 0.3 is 0 Å². The van der Waals surface area contributed by atoms with Gasteiger partial charge in [0.1, 0.15) is 6.29 Å². The Labute approximate surface area is 112 Å². The third-order valence-corrected chi connectivity index (χ3v) is 3.86. The van der Waals surface area contributed by atoms with Crippen molar-refractivity contribution in [2.75, 3.05) is 0 Å². The van der Waals surface area contributed by atoms with Crippen molar-refractivity contribution in [1.82, 2.24) is 0 Å². The van der Waals surface area contributed by atoms with Crippen LogP contribution in [-0.2, 0) is 10.8 Å². The maximum Gasteiger partial charge on any atom is 0.171 e. The van der Waals surface area contributed by atoms with Gasteiger partial charge in [0, 0.05) is 5.56 Å². The number of benzene rings is 1. The fraction of sp³-hybridized carbons (Fsp3) is 0.533. The first-order chi connectivity index (χ1) is 8.34. The maximum atomic E-state index is 11.0. The summed E-state index contributed by atoms with van der Waals surface area (Å²) in [7, 11) is -1.08. The SMILES string of the molecule is C[SiH](C)OC(Cc1ccccc1C=O)C(C)(C)C. The van der Waals surface area contributed by atoms with E-state index in [1.54, 1.807) is 0 Å². The first-order valence-corrected chi connectivity index (χ1v) is 9.31. The van der Waals surface area contributed by atoms with E-state index in [2.05, 4.69) is 33.9 Å². The van der Waals surface area contributed by atoms with Crippen LogP contribution in [-0.4, -0.2) is 21.4 Å². The molecule has 1 aromatic rings. The molecule has 0 bridgehead atoms. The van der Waals surface area contributed by atoms with Crippen LogP contribution in [0.5, 0.6) is 0 Å². The Bertz CT molecular complexity index is 394. The van der Waals surface area contributed by atoms with Crippen molar-refractivity contribution in [2.24, 2.45) is 5.41 Å². The predicted octanol–water partition coefficient (Wildman–Crippen LogP) is 3.46. The van der Waals surface area contributed by atoms with Gasteiger partial charge in [-0.3, -0.25) is 4.79 Å². The van der Waals surface area contributed by atoms with Gasteiger partial charge in [0.25, 0.3) is 0 Å². The Morgan fingerprint density at radius 3 is 2.39 bits per heavy atom. The Morgan fingerprint density at radius 1 is 1.28 bits per heavy atom. The van der Waals surface area contributed by atoms with Gasteiger partial charge in [-0.15, -0.1) is 0 Å². The minimum absolute atomic E-state index is 0.0905. The van der Waals surface area contributed by atoms with Crippen LogP contribution < -0.4 is 0 Å². The summed E-state index contributed by atoms with van der Waals surface area (Å²) in [6, 6.07) is 7.77. The lowest BCUT2D eigenvalue weighted by molar-refractivity contribution is 0.0864. The summed E-state index contributed by atoms with van der Waals surface area (Å²) in [5.74, 6) is 0. The van der Waals surface area contributed by atoms with Crippen LogP contribution in [0.1, 0.15) is 36.7 Å². The molecule has 0 heterocycles. The summed E-state index contributed by atoms with van der Waals surface area (Å²) in [4.78, 5) is 11.0. The molecule has 0 amide bonds. The van der Waals surface area contributed by atoms with Crippen molar-refractivity contribution in [3.05, 3.63) is 35.4 Å². The van der Waals surface area contributed by atoms with Crippen LogP contribution >= 0.6 is 0 Å². The molecule has 0 saturated carbocycles. The standard InChI is InChI=1S/C15H24O2Si/c1-15(2,3)14(17-18(4)5)10-12-8-6-7-9-13(12)11-16/h6-9,11,14,18H,10H2,1-5H3. The van der Waals surface area contributed by atoms with E-state index < -0.39 is 9.04 Å². The van der Waals surface area contributed by atoms with Gasteiger partial charge in [-0.25, -0.2) is 0 Å². The smallest absolute Gasteiger partial charge is 0.171 e. The minimum atomic E-state index is -1.08. The van der Waals surface area contributed by atoms with Crippen molar-refractivity contribution in [3.63, 3.8) is 0 Å². The van der Waals surface area contributed by atoms with Gasteiger partial charge in [-0.1, -0.05) is 45.0 Å². The lowest BCUT2D eigenvalue weighted by Gasteiger charge is -2.33. The van der Waals surface area contributed by atoms with Crippen LogP contribution in [0.2, 0.25) is 13.1 Å². The number of carbonyl (C=O) groups excluding carboxylic acids is 1. The molecule has 1 rings (SSSR count). The first kappa shape index (κ1) is 15.1. The minimum Gasteiger partial charge on any atom is -0.417 e. The second-order valence-corrected chi connectivity index (χ2v) is 8.43. The van der Waals surface area contributed by atoms with E-state index in [0.29, 0.717) is 0 Å². The Hall–Kier alpha value is -0.933. The van der Waals surface area contributed by atoms with E-state index in [1.807, 2.05) is 24.3 Å². The van der Waals surface area contributed by atoms with Crippen LogP contribution in [0.3, 0.4) is 0 Å². The van der Waals surface area contributed by atoms with E-state index in [-0.39, 0.29) is 11.5 Å². The third-order valence-electron chi connectivity index (χ3n) is 2.99. The average molecular weight is 264 g/mol. The zero-order valence-electron chi connectivity index (χ0n) is 12.1. The maximum absolute atomic E-state index is 11.0. The molecule has 0 fully saturated rings. The summed E-state index contributed by atoms with van der Waals surface area (Å²) >= 11 is 0. The van der Waals surface area contributed by atoms with Gasteiger partial charge < -0.3 is 4.43 Å². The van der Waals surface area contributed by atoms with Crippen LogP contribution in [0.15, 0.2) is 24.3 Å². The number of hydrogen-bond acceptors (Lipinski definition) is 2. The highest BCUT2D eigenvalue weighted by Gasteiger charge is 2.27. The molecule has 0 saturated heterocycles. The van der Waals surface area contributed by atoms with E-state index in [4.69, 9.17) is 4.43 Å². The molecule has 1 unspecified atom stereocenters. The molecule has 0 spiro atoms. The van der Waals surface area contributed by atoms with E-state index in [0.717, 1.165) is 23.8 Å². The van der Waals surface area contributed by atoms with Crippen molar-refractivity contribution < 1.29 is 9.22 Å². The van der Waals surface area contributed by atoms with Gasteiger partial charge in [0.15, 0.2) is 9.04 Å². The normalized spacial score (nSPS) is 13.7. The molecule has 0 N–H and O–H groups in total. The largest absolute Gasteiger partial charge is 0.417 e. The van der Waals surface area contributed by atoms with Crippen molar-refractivity contribution in [2.45, 2.75) is 46.4 Å². The molecule has 0 aliphatic heterocycles. The molecular formula is C15H24O2Si. The van der Waals surface area contributed by atoms with E-state index in [1.165, 1.54) is 0 Å². The lowest BCUT2D eigenvalue weighted by atomic mass is 9.84. The highest BCUT2D eigenvalue weighted by Crippen LogP contribution is 2.27. The van der Waals surface area contributed by atoms with Crippen molar-refractivity contribution in [1.29, 1.82) is 0 Å². The summed E-state index contributed by atoms with van der Waals surface area (Å²) in [5.41, 5.74) is 1.95. The zero-order chi connectivity index (χ0) is 13.8. The average Bonchev–Trinajstić information content (AvgIpc) is 2.27.